The zero-order valence-electron chi connectivity index (χ0n) is 12.5. The first-order valence-electron chi connectivity index (χ1n) is 7.15. The molecule has 2 aromatic heterocycles. The fraction of sp³-hybridized carbons (Fsp3) is 0.200. The number of nitrogens with zero attached hydrogens (tertiary/aromatic N) is 4. The summed E-state index contributed by atoms with van der Waals surface area (Å²) in [7, 11) is 0. The third kappa shape index (κ3) is 3.60. The van der Waals surface area contributed by atoms with Gasteiger partial charge < -0.3 is 0 Å². The topological polar surface area (TPSA) is 88.5 Å². The van der Waals surface area contributed by atoms with E-state index in [-0.39, 0.29) is 24.1 Å². The van der Waals surface area contributed by atoms with Crippen molar-refractivity contribution in [2.24, 2.45) is 0 Å². The van der Waals surface area contributed by atoms with E-state index in [0.717, 1.165) is 5.69 Å². The summed E-state index contributed by atoms with van der Waals surface area (Å²) in [5.74, 6) is 0.403. The Morgan fingerprint density at radius 3 is 2.78 bits per heavy atom. The molecule has 2 N–H and O–H groups in total. The van der Waals surface area contributed by atoms with E-state index < -0.39 is 0 Å². The summed E-state index contributed by atoms with van der Waals surface area (Å²) < 4.78 is 14.5. The Morgan fingerprint density at radius 2 is 2.09 bits per heavy atom. The SMILES string of the molecule is CCc1nc(NC(=O)Cc2ccn(-c3ccc(F)cc3)n2)n[nH]1. The first-order valence-corrected chi connectivity index (χ1v) is 7.15. The third-order valence-corrected chi connectivity index (χ3v) is 3.19. The Kier molecular flexibility index (Phi) is 4.13. The normalized spacial score (nSPS) is 10.7. The molecule has 0 spiro atoms. The zero-order chi connectivity index (χ0) is 16.2. The molecule has 0 atom stereocenters. The minimum absolute atomic E-state index is 0.101. The minimum Gasteiger partial charge on any atom is -0.293 e. The molecule has 0 radical (unpaired) electrons. The minimum atomic E-state index is -0.307. The molecule has 7 nitrogen and oxygen atoms in total. The molecule has 8 heteroatoms. The highest BCUT2D eigenvalue weighted by Crippen LogP contribution is 2.09. The number of halogens is 1. The van der Waals surface area contributed by atoms with Gasteiger partial charge >= 0.3 is 0 Å². The number of amides is 1. The summed E-state index contributed by atoms with van der Waals surface area (Å²) in [6.45, 7) is 1.94. The van der Waals surface area contributed by atoms with Crippen molar-refractivity contribution < 1.29 is 9.18 Å². The quantitative estimate of drug-likeness (QED) is 0.752. The van der Waals surface area contributed by atoms with Crippen LogP contribution in [0.3, 0.4) is 0 Å². The largest absolute Gasteiger partial charge is 0.293 e. The molecule has 0 aliphatic heterocycles. The summed E-state index contributed by atoms with van der Waals surface area (Å²) >= 11 is 0. The lowest BCUT2D eigenvalue weighted by Crippen LogP contribution is -2.16. The third-order valence-electron chi connectivity index (χ3n) is 3.19. The van der Waals surface area contributed by atoms with Gasteiger partial charge in [-0.05, 0) is 30.3 Å². The molecular weight excluding hydrogens is 299 g/mol. The van der Waals surface area contributed by atoms with Crippen molar-refractivity contribution in [3.8, 4) is 5.69 Å². The van der Waals surface area contributed by atoms with Crippen LogP contribution in [0.4, 0.5) is 10.3 Å². The molecular formula is C15H15FN6O. The van der Waals surface area contributed by atoms with E-state index in [1.807, 2.05) is 6.92 Å². The second-order valence-corrected chi connectivity index (χ2v) is 4.91. The number of carbonyl (C=O) groups excluding carboxylic acids is 1. The van der Waals surface area contributed by atoms with Gasteiger partial charge in [0, 0.05) is 12.6 Å². The van der Waals surface area contributed by atoms with Crippen molar-refractivity contribution in [3.63, 3.8) is 0 Å². The van der Waals surface area contributed by atoms with Gasteiger partial charge in [-0.2, -0.15) is 10.1 Å². The molecule has 0 unspecified atom stereocenters. The summed E-state index contributed by atoms with van der Waals surface area (Å²) in [5.41, 5.74) is 1.32. The Labute approximate surface area is 131 Å². The number of anilines is 1. The van der Waals surface area contributed by atoms with Gasteiger partial charge in [-0.3, -0.25) is 15.2 Å². The maximum Gasteiger partial charge on any atom is 0.248 e. The van der Waals surface area contributed by atoms with E-state index in [2.05, 4.69) is 25.6 Å². The molecule has 0 bridgehead atoms. The van der Waals surface area contributed by atoms with Crippen molar-refractivity contribution >= 4 is 11.9 Å². The molecule has 1 amide bonds. The van der Waals surface area contributed by atoms with E-state index in [9.17, 15) is 9.18 Å². The van der Waals surface area contributed by atoms with Crippen LogP contribution in [0.25, 0.3) is 5.69 Å². The molecule has 0 aliphatic carbocycles. The van der Waals surface area contributed by atoms with Gasteiger partial charge in [-0.25, -0.2) is 9.07 Å². The predicted octanol–water partition coefficient (Wildman–Crippen LogP) is 1.87. The number of H-pyrrole nitrogens is 1. The molecule has 0 saturated carbocycles. The van der Waals surface area contributed by atoms with Crippen LogP contribution in [0, 0.1) is 5.82 Å². The number of rotatable bonds is 5. The Morgan fingerprint density at radius 1 is 1.30 bits per heavy atom. The molecule has 1 aromatic carbocycles. The van der Waals surface area contributed by atoms with Gasteiger partial charge in [0.15, 0.2) is 0 Å². The Bertz CT molecular complexity index is 807. The number of aromatic nitrogens is 5. The average molecular weight is 314 g/mol. The van der Waals surface area contributed by atoms with Crippen molar-refractivity contribution in [2.75, 3.05) is 5.32 Å². The van der Waals surface area contributed by atoms with Gasteiger partial charge in [-0.1, -0.05) is 6.92 Å². The number of aryl methyl sites for hydroxylation is 1. The monoisotopic (exact) mass is 314 g/mol. The average Bonchev–Trinajstić information content (AvgIpc) is 3.17. The highest BCUT2D eigenvalue weighted by molar-refractivity contribution is 5.90. The fourth-order valence-corrected chi connectivity index (χ4v) is 2.04. The van der Waals surface area contributed by atoms with Crippen molar-refractivity contribution in [1.82, 2.24) is 25.0 Å². The van der Waals surface area contributed by atoms with Crippen LogP contribution in [0.5, 0.6) is 0 Å². The second-order valence-electron chi connectivity index (χ2n) is 4.91. The van der Waals surface area contributed by atoms with Gasteiger partial charge in [0.25, 0.3) is 0 Å². The molecule has 3 rings (SSSR count). The van der Waals surface area contributed by atoms with E-state index in [4.69, 9.17) is 0 Å². The Hall–Kier alpha value is -3.03. The highest BCUT2D eigenvalue weighted by atomic mass is 19.1. The summed E-state index contributed by atoms with van der Waals surface area (Å²) in [5, 5.41) is 13.5. The molecule has 0 saturated heterocycles. The maximum absolute atomic E-state index is 12.9. The first kappa shape index (κ1) is 14.9. The van der Waals surface area contributed by atoms with Gasteiger partial charge in [-0.15, -0.1) is 5.10 Å². The van der Waals surface area contributed by atoms with Crippen LogP contribution < -0.4 is 5.32 Å². The second kappa shape index (κ2) is 6.39. The van der Waals surface area contributed by atoms with E-state index in [1.54, 1.807) is 29.1 Å². The van der Waals surface area contributed by atoms with Gasteiger partial charge in [0.1, 0.15) is 11.6 Å². The van der Waals surface area contributed by atoms with Crippen LogP contribution in [0.1, 0.15) is 18.4 Å². The molecule has 3 aromatic rings. The lowest BCUT2D eigenvalue weighted by atomic mass is 10.3. The summed E-state index contributed by atoms with van der Waals surface area (Å²) in [6, 6.07) is 7.69. The number of benzene rings is 1. The molecule has 118 valence electrons. The molecule has 0 aliphatic rings. The highest BCUT2D eigenvalue weighted by Gasteiger charge is 2.10. The van der Waals surface area contributed by atoms with Crippen LogP contribution in [-0.4, -0.2) is 30.9 Å². The van der Waals surface area contributed by atoms with E-state index in [1.165, 1.54) is 12.1 Å². The van der Waals surface area contributed by atoms with Crippen molar-refractivity contribution in [2.45, 2.75) is 19.8 Å². The smallest absolute Gasteiger partial charge is 0.248 e. The number of carbonyl (C=O) groups is 1. The van der Waals surface area contributed by atoms with E-state index >= 15 is 0 Å². The fourth-order valence-electron chi connectivity index (χ4n) is 2.04. The Balaban J connectivity index is 1.64. The number of hydrogen-bond acceptors (Lipinski definition) is 4. The van der Waals surface area contributed by atoms with Crippen LogP contribution >= 0.6 is 0 Å². The zero-order valence-corrected chi connectivity index (χ0v) is 12.5. The number of aromatic amines is 1. The van der Waals surface area contributed by atoms with Gasteiger partial charge in [0.2, 0.25) is 11.9 Å². The first-order chi connectivity index (χ1) is 11.1. The predicted molar refractivity (Wildman–Crippen MR) is 81.6 cm³/mol. The number of hydrogen-bond donors (Lipinski definition) is 2. The lowest BCUT2D eigenvalue weighted by molar-refractivity contribution is -0.115. The summed E-state index contributed by atoms with van der Waals surface area (Å²) in [4.78, 5) is 16.1. The summed E-state index contributed by atoms with van der Waals surface area (Å²) in [6.07, 6.45) is 2.53. The van der Waals surface area contributed by atoms with Crippen molar-refractivity contribution in [1.29, 1.82) is 0 Å². The number of nitrogens with one attached hydrogen (secondary N) is 2. The molecule has 0 fully saturated rings. The maximum atomic E-state index is 12.9. The van der Waals surface area contributed by atoms with E-state index in [0.29, 0.717) is 17.9 Å². The molecule has 2 heterocycles. The lowest BCUT2D eigenvalue weighted by Gasteiger charge is -2.01. The molecule has 23 heavy (non-hydrogen) atoms. The standard InChI is InChI=1S/C15H15FN6O/c1-2-13-17-15(20-19-13)18-14(23)9-11-7-8-22(21-11)12-5-3-10(16)4-6-12/h3-8H,2,9H2,1H3,(H2,17,18,19,20,23). The van der Waals surface area contributed by atoms with Gasteiger partial charge in [0.05, 0.1) is 17.8 Å². The van der Waals surface area contributed by atoms with Crippen LogP contribution in [-0.2, 0) is 17.6 Å². The van der Waals surface area contributed by atoms with Crippen LogP contribution in [0.15, 0.2) is 36.5 Å². The van der Waals surface area contributed by atoms with Crippen LogP contribution in [0.2, 0.25) is 0 Å². The van der Waals surface area contributed by atoms with Crippen molar-refractivity contribution in [3.05, 3.63) is 53.9 Å².